The molecule has 16 heavy (non-hydrogen) atoms. The fourth-order valence-electron chi connectivity index (χ4n) is 1.67. The highest BCUT2D eigenvalue weighted by atomic mass is 16.7. The molecule has 0 saturated carbocycles. The largest absolute Gasteiger partial charge is 0.497 e. The van der Waals surface area contributed by atoms with E-state index in [1.165, 1.54) is 0 Å². The van der Waals surface area contributed by atoms with Gasteiger partial charge in [-0.2, -0.15) is 5.06 Å². The van der Waals surface area contributed by atoms with E-state index in [9.17, 15) is 0 Å². The molecule has 0 amide bonds. The number of hydrogen-bond donors (Lipinski definition) is 1. The number of rotatable bonds is 2. The van der Waals surface area contributed by atoms with Crippen LogP contribution in [-0.4, -0.2) is 31.8 Å². The molecule has 0 radical (unpaired) electrons. The lowest BCUT2D eigenvalue weighted by molar-refractivity contribution is -0.238. The number of hydroxylamine groups is 2. The molecule has 0 spiro atoms. The average molecular weight is 222 g/mol. The Morgan fingerprint density at radius 2 is 2.06 bits per heavy atom. The molecule has 0 bridgehead atoms. The van der Waals surface area contributed by atoms with Gasteiger partial charge >= 0.3 is 0 Å². The molecule has 0 aliphatic carbocycles. The molecule has 4 nitrogen and oxygen atoms in total. The summed E-state index contributed by atoms with van der Waals surface area (Å²) in [6.45, 7) is 3.05. The van der Waals surface area contributed by atoms with Crippen molar-refractivity contribution in [1.29, 1.82) is 0 Å². The molecule has 4 heteroatoms. The molecule has 1 aliphatic heterocycles. The van der Waals surface area contributed by atoms with Crippen molar-refractivity contribution in [3.63, 3.8) is 0 Å². The summed E-state index contributed by atoms with van der Waals surface area (Å²) in [6, 6.07) is 8.31. The van der Waals surface area contributed by atoms with Crippen LogP contribution in [0.4, 0.5) is 0 Å². The van der Waals surface area contributed by atoms with E-state index in [4.69, 9.17) is 9.57 Å². The summed E-state index contributed by atoms with van der Waals surface area (Å²) >= 11 is 0. The van der Waals surface area contributed by atoms with E-state index < -0.39 is 0 Å². The van der Waals surface area contributed by atoms with Crippen molar-refractivity contribution >= 4 is 0 Å². The molecule has 1 heterocycles. The molecule has 88 valence electrons. The van der Waals surface area contributed by atoms with Crippen LogP contribution in [0.1, 0.15) is 18.7 Å². The predicted molar refractivity (Wildman–Crippen MR) is 62.0 cm³/mol. The van der Waals surface area contributed by atoms with Gasteiger partial charge in [-0.15, -0.1) is 0 Å². The highest BCUT2D eigenvalue weighted by Crippen LogP contribution is 2.22. The minimum Gasteiger partial charge on any atom is -0.497 e. The van der Waals surface area contributed by atoms with Crippen molar-refractivity contribution in [3.8, 4) is 5.75 Å². The molecule has 1 aromatic rings. The van der Waals surface area contributed by atoms with E-state index in [2.05, 4.69) is 12.2 Å². The zero-order valence-corrected chi connectivity index (χ0v) is 9.93. The van der Waals surface area contributed by atoms with Gasteiger partial charge in [-0.05, 0) is 24.6 Å². The number of benzene rings is 1. The van der Waals surface area contributed by atoms with Gasteiger partial charge in [-0.25, -0.2) is 0 Å². The summed E-state index contributed by atoms with van der Waals surface area (Å²) < 4.78 is 5.12. The first-order valence-electron chi connectivity index (χ1n) is 5.47. The Hall–Kier alpha value is -1.10. The quantitative estimate of drug-likeness (QED) is 0.823. The maximum atomic E-state index is 5.74. The first-order valence-corrected chi connectivity index (χ1v) is 5.47. The maximum absolute atomic E-state index is 5.74. The van der Waals surface area contributed by atoms with Crippen LogP contribution in [0, 0.1) is 0 Å². The molecule has 2 atom stereocenters. The topological polar surface area (TPSA) is 33.7 Å². The first-order chi connectivity index (χ1) is 7.70. The van der Waals surface area contributed by atoms with Crippen LogP contribution >= 0.6 is 0 Å². The smallest absolute Gasteiger partial charge is 0.155 e. The Labute approximate surface area is 96.1 Å². The van der Waals surface area contributed by atoms with Crippen molar-refractivity contribution < 1.29 is 9.57 Å². The van der Waals surface area contributed by atoms with Crippen LogP contribution in [0.3, 0.4) is 0 Å². The van der Waals surface area contributed by atoms with Crippen LogP contribution in [0.5, 0.6) is 5.75 Å². The van der Waals surface area contributed by atoms with Gasteiger partial charge in [-0.3, -0.25) is 10.2 Å². The fourth-order valence-corrected chi connectivity index (χ4v) is 1.67. The van der Waals surface area contributed by atoms with Crippen LogP contribution < -0.4 is 10.1 Å². The van der Waals surface area contributed by atoms with Crippen LogP contribution in [0.25, 0.3) is 0 Å². The van der Waals surface area contributed by atoms with E-state index in [1.807, 2.05) is 36.4 Å². The zero-order valence-electron chi connectivity index (χ0n) is 9.93. The maximum Gasteiger partial charge on any atom is 0.155 e. The Morgan fingerprint density at radius 1 is 1.38 bits per heavy atom. The van der Waals surface area contributed by atoms with Crippen LogP contribution in [0.2, 0.25) is 0 Å². The predicted octanol–water partition coefficient (Wildman–Crippen LogP) is 1.55. The highest BCUT2D eigenvalue weighted by molar-refractivity contribution is 5.28. The molecular formula is C12H18N2O2. The Kier molecular flexibility index (Phi) is 3.43. The van der Waals surface area contributed by atoms with Gasteiger partial charge in [0.1, 0.15) is 5.75 Å². The summed E-state index contributed by atoms with van der Waals surface area (Å²) in [5.41, 5.74) is 1.11. The van der Waals surface area contributed by atoms with E-state index in [-0.39, 0.29) is 6.23 Å². The van der Waals surface area contributed by atoms with Gasteiger partial charge in [0.25, 0.3) is 0 Å². The number of methoxy groups -OCH3 is 1. The summed E-state index contributed by atoms with van der Waals surface area (Å²) in [4.78, 5) is 5.74. The molecule has 0 aromatic heterocycles. The monoisotopic (exact) mass is 222 g/mol. The van der Waals surface area contributed by atoms with Crippen LogP contribution in [0.15, 0.2) is 24.3 Å². The normalized spacial score (nSPS) is 26.7. The molecule has 1 aliphatic rings. The highest BCUT2D eigenvalue weighted by Gasteiger charge is 2.23. The van der Waals surface area contributed by atoms with Gasteiger partial charge in [0.05, 0.1) is 7.11 Å². The third kappa shape index (κ3) is 2.35. The van der Waals surface area contributed by atoms with E-state index in [0.29, 0.717) is 6.04 Å². The summed E-state index contributed by atoms with van der Waals surface area (Å²) in [5.74, 6) is 0.862. The first kappa shape index (κ1) is 11.4. The standard InChI is InChI=1S/C12H18N2O2/c1-9-8-13-12(16-14(9)2)10-4-6-11(15-3)7-5-10/h4-7,9,12-13H,8H2,1-3H3/t9-,12-/m1/s1. The summed E-state index contributed by atoms with van der Waals surface area (Å²) in [5, 5.41) is 5.24. The minimum absolute atomic E-state index is 0.0629. The number of ether oxygens (including phenoxy) is 1. The lowest BCUT2D eigenvalue weighted by atomic mass is 10.1. The van der Waals surface area contributed by atoms with Crippen molar-refractivity contribution in [2.75, 3.05) is 20.7 Å². The number of likely N-dealkylation sites (N-methyl/N-ethyl adjacent to an activating group) is 1. The molecule has 1 fully saturated rings. The minimum atomic E-state index is -0.0629. The Balaban J connectivity index is 2.06. The molecule has 1 aromatic carbocycles. The Morgan fingerprint density at radius 3 is 2.62 bits per heavy atom. The van der Waals surface area contributed by atoms with Gasteiger partial charge in [0.2, 0.25) is 0 Å². The average Bonchev–Trinajstić information content (AvgIpc) is 2.33. The van der Waals surface area contributed by atoms with E-state index in [0.717, 1.165) is 17.9 Å². The molecule has 2 rings (SSSR count). The molecule has 1 N–H and O–H groups in total. The van der Waals surface area contributed by atoms with Crippen LogP contribution in [-0.2, 0) is 4.84 Å². The van der Waals surface area contributed by atoms with Crippen molar-refractivity contribution in [3.05, 3.63) is 29.8 Å². The number of nitrogens with zero attached hydrogens (tertiary/aromatic N) is 1. The van der Waals surface area contributed by atoms with E-state index in [1.54, 1.807) is 7.11 Å². The Bertz CT molecular complexity index is 339. The SMILES string of the molecule is COc1ccc([C@@H]2NC[C@@H](C)N(C)O2)cc1. The van der Waals surface area contributed by atoms with E-state index >= 15 is 0 Å². The van der Waals surface area contributed by atoms with Crippen molar-refractivity contribution in [2.24, 2.45) is 0 Å². The summed E-state index contributed by atoms with van der Waals surface area (Å²) in [7, 11) is 3.63. The third-order valence-corrected chi connectivity index (χ3v) is 2.91. The summed E-state index contributed by atoms with van der Waals surface area (Å²) in [6.07, 6.45) is -0.0629. The lowest BCUT2D eigenvalue weighted by Gasteiger charge is -2.35. The van der Waals surface area contributed by atoms with Gasteiger partial charge in [-0.1, -0.05) is 12.1 Å². The van der Waals surface area contributed by atoms with Gasteiger partial charge < -0.3 is 4.74 Å². The second-order valence-corrected chi connectivity index (χ2v) is 4.06. The number of hydrogen-bond acceptors (Lipinski definition) is 4. The van der Waals surface area contributed by atoms with Crippen molar-refractivity contribution in [1.82, 2.24) is 10.4 Å². The molecule has 0 unspecified atom stereocenters. The van der Waals surface area contributed by atoms with Gasteiger partial charge in [0.15, 0.2) is 6.23 Å². The zero-order chi connectivity index (χ0) is 11.5. The molecule has 1 saturated heterocycles. The van der Waals surface area contributed by atoms with Crippen molar-refractivity contribution in [2.45, 2.75) is 19.2 Å². The molecular weight excluding hydrogens is 204 g/mol. The second kappa shape index (κ2) is 4.82. The number of nitrogens with one attached hydrogen (secondary N) is 1. The fraction of sp³-hybridized carbons (Fsp3) is 0.500. The van der Waals surface area contributed by atoms with Gasteiger partial charge in [0, 0.05) is 19.6 Å². The third-order valence-electron chi connectivity index (χ3n) is 2.91. The lowest BCUT2D eigenvalue weighted by Crippen LogP contribution is -2.47. The second-order valence-electron chi connectivity index (χ2n) is 4.06.